The van der Waals surface area contributed by atoms with Gasteiger partial charge in [0.15, 0.2) is 5.96 Å². The van der Waals surface area contributed by atoms with Crippen molar-refractivity contribution in [3.8, 4) is 0 Å². The summed E-state index contributed by atoms with van der Waals surface area (Å²) in [5, 5.41) is 3.09. The van der Waals surface area contributed by atoms with Crippen LogP contribution in [0.1, 0.15) is 12.5 Å². The fourth-order valence-electron chi connectivity index (χ4n) is 2.40. The van der Waals surface area contributed by atoms with Crippen molar-refractivity contribution in [2.75, 3.05) is 44.9 Å². The number of nitrogens with zero attached hydrogens (tertiary/aromatic N) is 2. The number of hydrogen-bond acceptors (Lipinski definition) is 4. The van der Waals surface area contributed by atoms with Gasteiger partial charge in [-0.05, 0) is 24.6 Å². The highest BCUT2D eigenvalue weighted by Crippen LogP contribution is 2.16. The SMILES string of the molecule is COCC(C)NC(N)=NCc1ccc(N2CCOCC2)cc1. The molecule has 22 heavy (non-hydrogen) atoms. The van der Waals surface area contributed by atoms with Gasteiger partial charge in [0.05, 0.1) is 26.4 Å². The van der Waals surface area contributed by atoms with E-state index in [9.17, 15) is 0 Å². The Morgan fingerprint density at radius 2 is 2.05 bits per heavy atom. The van der Waals surface area contributed by atoms with E-state index in [1.807, 2.05) is 6.92 Å². The Bertz CT molecular complexity index is 470. The summed E-state index contributed by atoms with van der Waals surface area (Å²) in [6.07, 6.45) is 0. The van der Waals surface area contributed by atoms with E-state index in [0.717, 1.165) is 31.9 Å². The van der Waals surface area contributed by atoms with Crippen LogP contribution in [0.4, 0.5) is 5.69 Å². The van der Waals surface area contributed by atoms with Crippen molar-refractivity contribution < 1.29 is 9.47 Å². The van der Waals surface area contributed by atoms with Crippen molar-refractivity contribution in [3.05, 3.63) is 29.8 Å². The summed E-state index contributed by atoms with van der Waals surface area (Å²) < 4.78 is 10.4. The second kappa shape index (κ2) is 8.60. The van der Waals surface area contributed by atoms with Crippen LogP contribution in [0.15, 0.2) is 29.3 Å². The van der Waals surface area contributed by atoms with Gasteiger partial charge < -0.3 is 25.4 Å². The van der Waals surface area contributed by atoms with Crippen LogP contribution in [0.25, 0.3) is 0 Å². The molecule has 2 rings (SSSR count). The van der Waals surface area contributed by atoms with Gasteiger partial charge in [0.25, 0.3) is 0 Å². The summed E-state index contributed by atoms with van der Waals surface area (Å²) >= 11 is 0. The van der Waals surface area contributed by atoms with Gasteiger partial charge in [-0.15, -0.1) is 0 Å². The molecule has 1 aromatic carbocycles. The molecule has 1 atom stereocenters. The maximum Gasteiger partial charge on any atom is 0.189 e. The molecule has 6 nitrogen and oxygen atoms in total. The van der Waals surface area contributed by atoms with Crippen molar-refractivity contribution in [3.63, 3.8) is 0 Å². The van der Waals surface area contributed by atoms with E-state index in [1.165, 1.54) is 5.69 Å². The Labute approximate surface area is 132 Å². The number of nitrogens with two attached hydrogens (primary N) is 1. The Kier molecular flexibility index (Phi) is 6.48. The maximum absolute atomic E-state index is 5.86. The van der Waals surface area contributed by atoms with Gasteiger partial charge in [-0.1, -0.05) is 12.1 Å². The lowest BCUT2D eigenvalue weighted by Crippen LogP contribution is -2.40. The highest BCUT2D eigenvalue weighted by molar-refractivity contribution is 5.78. The lowest BCUT2D eigenvalue weighted by molar-refractivity contribution is 0.122. The number of hydrogen-bond donors (Lipinski definition) is 2. The van der Waals surface area contributed by atoms with Gasteiger partial charge in [-0.25, -0.2) is 4.99 Å². The minimum atomic E-state index is 0.150. The normalized spacial score (nSPS) is 17.4. The molecule has 0 aliphatic carbocycles. The topological polar surface area (TPSA) is 72.1 Å². The van der Waals surface area contributed by atoms with E-state index in [4.69, 9.17) is 15.2 Å². The number of aliphatic imine (C=N–C) groups is 1. The third kappa shape index (κ3) is 5.20. The average Bonchev–Trinajstić information content (AvgIpc) is 2.54. The molecule has 1 heterocycles. The Morgan fingerprint density at radius 3 is 2.68 bits per heavy atom. The van der Waals surface area contributed by atoms with Crippen LogP contribution in [0.2, 0.25) is 0 Å². The molecule has 0 aromatic heterocycles. The molecule has 0 spiro atoms. The standard InChI is InChI=1S/C16H26N4O2/c1-13(12-21-2)19-16(17)18-11-14-3-5-15(6-4-14)20-7-9-22-10-8-20/h3-6,13H,7-12H2,1-2H3,(H3,17,18,19). The van der Waals surface area contributed by atoms with Crippen molar-refractivity contribution in [2.45, 2.75) is 19.5 Å². The Morgan fingerprint density at radius 1 is 1.36 bits per heavy atom. The predicted octanol–water partition coefficient (Wildman–Crippen LogP) is 0.962. The Hall–Kier alpha value is -1.79. The number of benzene rings is 1. The second-order valence-corrected chi connectivity index (χ2v) is 5.47. The number of morpholine rings is 1. The van der Waals surface area contributed by atoms with Gasteiger partial charge in [-0.3, -0.25) is 0 Å². The molecule has 1 saturated heterocycles. The molecule has 122 valence electrons. The Balaban J connectivity index is 1.85. The molecular formula is C16H26N4O2. The smallest absolute Gasteiger partial charge is 0.189 e. The van der Waals surface area contributed by atoms with Crippen molar-refractivity contribution >= 4 is 11.6 Å². The second-order valence-electron chi connectivity index (χ2n) is 5.47. The molecule has 0 radical (unpaired) electrons. The molecule has 0 bridgehead atoms. The summed E-state index contributed by atoms with van der Waals surface area (Å²) in [6, 6.07) is 8.61. The first-order valence-electron chi connectivity index (χ1n) is 7.66. The molecule has 6 heteroatoms. The lowest BCUT2D eigenvalue weighted by atomic mass is 10.2. The fourth-order valence-corrected chi connectivity index (χ4v) is 2.40. The molecule has 1 aliphatic heterocycles. The number of anilines is 1. The number of nitrogens with one attached hydrogen (secondary N) is 1. The van der Waals surface area contributed by atoms with Crippen molar-refractivity contribution in [2.24, 2.45) is 10.7 Å². The first-order valence-corrected chi connectivity index (χ1v) is 7.66. The highest BCUT2D eigenvalue weighted by atomic mass is 16.5. The fraction of sp³-hybridized carbons (Fsp3) is 0.562. The van der Waals surface area contributed by atoms with Crippen LogP contribution in [-0.2, 0) is 16.0 Å². The molecular weight excluding hydrogens is 280 g/mol. The van der Waals surface area contributed by atoms with Crippen LogP contribution in [0, 0.1) is 0 Å². The largest absolute Gasteiger partial charge is 0.383 e. The molecule has 0 saturated carbocycles. The number of ether oxygens (including phenoxy) is 2. The third-order valence-corrected chi connectivity index (χ3v) is 3.56. The van der Waals surface area contributed by atoms with Gasteiger partial charge in [0.2, 0.25) is 0 Å². The van der Waals surface area contributed by atoms with Crippen molar-refractivity contribution in [1.29, 1.82) is 0 Å². The van der Waals surface area contributed by atoms with E-state index in [-0.39, 0.29) is 6.04 Å². The number of methoxy groups -OCH3 is 1. The first kappa shape index (κ1) is 16.6. The van der Waals surface area contributed by atoms with Gasteiger partial charge in [0.1, 0.15) is 0 Å². The molecule has 1 fully saturated rings. The van der Waals surface area contributed by atoms with Crippen LogP contribution < -0.4 is 16.0 Å². The summed E-state index contributed by atoms with van der Waals surface area (Å²) in [4.78, 5) is 6.69. The van der Waals surface area contributed by atoms with E-state index in [2.05, 4.69) is 39.5 Å². The minimum absolute atomic E-state index is 0.150. The number of rotatable bonds is 6. The predicted molar refractivity (Wildman–Crippen MR) is 89.3 cm³/mol. The monoisotopic (exact) mass is 306 g/mol. The van der Waals surface area contributed by atoms with E-state index in [1.54, 1.807) is 7.11 Å². The molecule has 1 unspecified atom stereocenters. The quantitative estimate of drug-likeness (QED) is 0.605. The van der Waals surface area contributed by atoms with Crippen LogP contribution >= 0.6 is 0 Å². The van der Waals surface area contributed by atoms with E-state index >= 15 is 0 Å². The summed E-state index contributed by atoms with van der Waals surface area (Å²) in [6.45, 7) is 6.68. The summed E-state index contributed by atoms with van der Waals surface area (Å²) in [5.74, 6) is 0.446. The average molecular weight is 306 g/mol. The molecule has 1 aromatic rings. The molecule has 1 aliphatic rings. The molecule has 3 N–H and O–H groups in total. The maximum atomic E-state index is 5.86. The first-order chi connectivity index (χ1) is 10.7. The van der Waals surface area contributed by atoms with Crippen molar-refractivity contribution in [1.82, 2.24) is 5.32 Å². The zero-order valence-electron chi connectivity index (χ0n) is 13.4. The summed E-state index contributed by atoms with van der Waals surface area (Å²) in [7, 11) is 1.67. The van der Waals surface area contributed by atoms with Crippen LogP contribution in [-0.4, -0.2) is 52.0 Å². The van der Waals surface area contributed by atoms with Gasteiger partial charge in [0, 0.05) is 31.9 Å². The van der Waals surface area contributed by atoms with Crippen LogP contribution in [0.3, 0.4) is 0 Å². The van der Waals surface area contributed by atoms with E-state index < -0.39 is 0 Å². The highest BCUT2D eigenvalue weighted by Gasteiger charge is 2.10. The molecule has 0 amide bonds. The van der Waals surface area contributed by atoms with E-state index in [0.29, 0.717) is 19.1 Å². The van der Waals surface area contributed by atoms with Crippen LogP contribution in [0.5, 0.6) is 0 Å². The minimum Gasteiger partial charge on any atom is -0.383 e. The van der Waals surface area contributed by atoms with Gasteiger partial charge in [-0.2, -0.15) is 0 Å². The summed E-state index contributed by atoms with van der Waals surface area (Å²) in [5.41, 5.74) is 8.23. The third-order valence-electron chi connectivity index (χ3n) is 3.56. The zero-order valence-corrected chi connectivity index (χ0v) is 13.4. The van der Waals surface area contributed by atoms with Gasteiger partial charge >= 0.3 is 0 Å². The zero-order chi connectivity index (χ0) is 15.8. The number of guanidine groups is 1. The lowest BCUT2D eigenvalue weighted by Gasteiger charge is -2.28.